The van der Waals surface area contributed by atoms with Gasteiger partial charge in [-0.25, -0.2) is 4.98 Å². The number of H-pyrrole nitrogens is 1. The van der Waals surface area contributed by atoms with E-state index in [0.717, 1.165) is 27.4 Å². The summed E-state index contributed by atoms with van der Waals surface area (Å²) < 4.78 is 1.89. The van der Waals surface area contributed by atoms with Crippen molar-refractivity contribution in [1.82, 2.24) is 24.7 Å². The van der Waals surface area contributed by atoms with Crippen LogP contribution in [0.25, 0.3) is 27.6 Å². The molecule has 5 rings (SSSR count). The number of hydrogen-bond acceptors (Lipinski definition) is 4. The molecular weight excluding hydrogens is 348 g/mol. The predicted octanol–water partition coefficient (Wildman–Crippen LogP) is 4.69. The number of benzene rings is 2. The number of nitrogens with one attached hydrogen (secondary N) is 2. The zero-order valence-corrected chi connectivity index (χ0v) is 14.3. The minimum absolute atomic E-state index is 0.590. The molecule has 0 spiro atoms. The van der Waals surface area contributed by atoms with Crippen LogP contribution in [0.2, 0.25) is 5.02 Å². The molecule has 0 unspecified atom stereocenters. The lowest BCUT2D eigenvalue weighted by Crippen LogP contribution is -2.01. The van der Waals surface area contributed by atoms with Gasteiger partial charge < -0.3 is 5.32 Å². The maximum absolute atomic E-state index is 6.07. The molecule has 0 fully saturated rings. The Morgan fingerprint density at radius 1 is 0.962 bits per heavy atom. The van der Waals surface area contributed by atoms with Crippen molar-refractivity contribution < 1.29 is 0 Å². The Morgan fingerprint density at radius 2 is 1.88 bits per heavy atom. The third kappa shape index (κ3) is 2.66. The number of aromatic amines is 1. The van der Waals surface area contributed by atoms with Crippen LogP contribution in [0.3, 0.4) is 0 Å². The monoisotopic (exact) mass is 360 g/mol. The molecule has 0 amide bonds. The van der Waals surface area contributed by atoms with Gasteiger partial charge >= 0.3 is 0 Å². The molecule has 2 aromatic carbocycles. The molecule has 0 aliphatic heterocycles. The standard InChI is InChI=1S/C19H13ClN6/c20-15-2-1-12-10-26(11-14(12)7-15)19-21-6-5-18(24-19)23-16-3-4-17-13(8-16)9-22-25-17/h1-11H,(H,22,25)(H,21,23,24). The largest absolute Gasteiger partial charge is 0.340 e. The maximum Gasteiger partial charge on any atom is 0.235 e. The van der Waals surface area contributed by atoms with Gasteiger partial charge in [-0.1, -0.05) is 17.7 Å². The first-order valence-electron chi connectivity index (χ1n) is 8.05. The molecule has 26 heavy (non-hydrogen) atoms. The second kappa shape index (κ2) is 5.86. The molecular formula is C19H13ClN6. The molecule has 0 saturated heterocycles. The second-order valence-corrected chi connectivity index (χ2v) is 6.41. The van der Waals surface area contributed by atoms with Crippen molar-refractivity contribution in [3.8, 4) is 5.95 Å². The van der Waals surface area contributed by atoms with E-state index in [-0.39, 0.29) is 0 Å². The molecule has 0 aliphatic rings. The molecule has 0 bridgehead atoms. The van der Waals surface area contributed by atoms with Crippen LogP contribution < -0.4 is 5.32 Å². The van der Waals surface area contributed by atoms with Crippen LogP contribution >= 0.6 is 11.6 Å². The van der Waals surface area contributed by atoms with Gasteiger partial charge in [0, 0.05) is 40.1 Å². The molecule has 5 aromatic rings. The Bertz CT molecular complexity index is 1240. The van der Waals surface area contributed by atoms with E-state index in [0.29, 0.717) is 16.8 Å². The first kappa shape index (κ1) is 14.9. The smallest absolute Gasteiger partial charge is 0.235 e. The average molecular weight is 361 g/mol. The van der Waals surface area contributed by atoms with E-state index < -0.39 is 0 Å². The highest BCUT2D eigenvalue weighted by Gasteiger charge is 2.06. The first-order chi connectivity index (χ1) is 12.7. The molecule has 0 saturated carbocycles. The summed E-state index contributed by atoms with van der Waals surface area (Å²) in [6.45, 7) is 0. The zero-order chi connectivity index (χ0) is 17.5. The number of fused-ring (bicyclic) bond motifs is 2. The highest BCUT2D eigenvalue weighted by Crippen LogP contribution is 2.23. The first-order valence-corrected chi connectivity index (χ1v) is 8.43. The number of aromatic nitrogens is 5. The van der Waals surface area contributed by atoms with Crippen molar-refractivity contribution in [2.24, 2.45) is 0 Å². The number of nitrogens with zero attached hydrogens (tertiary/aromatic N) is 4. The van der Waals surface area contributed by atoms with Crippen molar-refractivity contribution in [1.29, 1.82) is 0 Å². The molecule has 0 atom stereocenters. The molecule has 7 heteroatoms. The lowest BCUT2D eigenvalue weighted by molar-refractivity contribution is 0.942. The predicted molar refractivity (Wildman–Crippen MR) is 103 cm³/mol. The highest BCUT2D eigenvalue weighted by molar-refractivity contribution is 6.31. The summed E-state index contributed by atoms with van der Waals surface area (Å²) >= 11 is 6.07. The van der Waals surface area contributed by atoms with Gasteiger partial charge in [-0.05, 0) is 41.8 Å². The fourth-order valence-corrected chi connectivity index (χ4v) is 3.12. The van der Waals surface area contributed by atoms with Gasteiger partial charge in [0.1, 0.15) is 5.82 Å². The summed E-state index contributed by atoms with van der Waals surface area (Å²) in [6, 6.07) is 13.6. The number of halogens is 1. The summed E-state index contributed by atoms with van der Waals surface area (Å²) in [6.07, 6.45) is 7.49. The Hall–Kier alpha value is -3.38. The summed E-state index contributed by atoms with van der Waals surface area (Å²) in [5, 5.41) is 14.2. The van der Waals surface area contributed by atoms with Crippen LogP contribution in [0.1, 0.15) is 0 Å². The number of rotatable bonds is 3. The van der Waals surface area contributed by atoms with Crippen molar-refractivity contribution in [3.63, 3.8) is 0 Å². The van der Waals surface area contributed by atoms with Gasteiger partial charge in [0.05, 0.1) is 11.7 Å². The Morgan fingerprint density at radius 3 is 2.85 bits per heavy atom. The van der Waals surface area contributed by atoms with Crippen LogP contribution in [-0.4, -0.2) is 24.7 Å². The van der Waals surface area contributed by atoms with E-state index in [1.54, 1.807) is 12.4 Å². The quantitative estimate of drug-likeness (QED) is 0.489. The van der Waals surface area contributed by atoms with Crippen LogP contribution in [0, 0.1) is 0 Å². The summed E-state index contributed by atoms with van der Waals surface area (Å²) in [5.41, 5.74) is 1.93. The van der Waals surface area contributed by atoms with Crippen molar-refractivity contribution in [2.75, 3.05) is 5.32 Å². The summed E-state index contributed by atoms with van der Waals surface area (Å²) in [7, 11) is 0. The van der Waals surface area contributed by atoms with E-state index >= 15 is 0 Å². The lowest BCUT2D eigenvalue weighted by atomic mass is 10.2. The maximum atomic E-state index is 6.07. The van der Waals surface area contributed by atoms with E-state index in [4.69, 9.17) is 11.6 Å². The van der Waals surface area contributed by atoms with Crippen LogP contribution in [-0.2, 0) is 0 Å². The highest BCUT2D eigenvalue weighted by atomic mass is 35.5. The van der Waals surface area contributed by atoms with Crippen LogP contribution in [0.15, 0.2) is 67.3 Å². The third-order valence-electron chi connectivity index (χ3n) is 4.19. The van der Waals surface area contributed by atoms with Crippen molar-refractivity contribution in [2.45, 2.75) is 0 Å². The van der Waals surface area contributed by atoms with E-state index in [1.165, 1.54) is 0 Å². The van der Waals surface area contributed by atoms with Crippen molar-refractivity contribution in [3.05, 3.63) is 72.3 Å². The lowest BCUT2D eigenvalue weighted by Gasteiger charge is -2.07. The number of anilines is 2. The topological polar surface area (TPSA) is 71.4 Å². The number of hydrogen-bond donors (Lipinski definition) is 2. The minimum Gasteiger partial charge on any atom is -0.340 e. The minimum atomic E-state index is 0.590. The molecule has 0 radical (unpaired) electrons. The van der Waals surface area contributed by atoms with Crippen LogP contribution in [0.5, 0.6) is 0 Å². The second-order valence-electron chi connectivity index (χ2n) is 5.98. The van der Waals surface area contributed by atoms with Gasteiger partial charge in [-0.2, -0.15) is 10.1 Å². The summed E-state index contributed by atoms with van der Waals surface area (Å²) in [5.74, 6) is 1.31. The average Bonchev–Trinajstić information content (AvgIpc) is 3.27. The fraction of sp³-hybridized carbons (Fsp3) is 0. The van der Waals surface area contributed by atoms with Gasteiger partial charge in [0.25, 0.3) is 0 Å². The van der Waals surface area contributed by atoms with E-state index in [2.05, 4.69) is 25.5 Å². The van der Waals surface area contributed by atoms with Gasteiger partial charge in [0.2, 0.25) is 5.95 Å². The normalized spacial score (nSPS) is 11.3. The van der Waals surface area contributed by atoms with Gasteiger partial charge in [-0.3, -0.25) is 9.67 Å². The fourth-order valence-electron chi connectivity index (χ4n) is 2.94. The molecule has 3 heterocycles. The SMILES string of the molecule is Clc1ccc2cn(-c3nccc(Nc4ccc5[nH]ncc5c4)n3)cc2c1. The zero-order valence-electron chi connectivity index (χ0n) is 13.5. The third-order valence-corrected chi connectivity index (χ3v) is 4.43. The van der Waals surface area contributed by atoms with Crippen LogP contribution in [0.4, 0.5) is 11.5 Å². The Labute approximate surface area is 153 Å². The molecule has 0 aliphatic carbocycles. The molecule has 6 nitrogen and oxygen atoms in total. The van der Waals surface area contributed by atoms with E-state index in [1.807, 2.05) is 59.4 Å². The van der Waals surface area contributed by atoms with Gasteiger partial charge in [-0.15, -0.1) is 0 Å². The summed E-state index contributed by atoms with van der Waals surface area (Å²) in [4.78, 5) is 8.98. The Kier molecular flexibility index (Phi) is 3.36. The molecule has 2 N–H and O–H groups in total. The van der Waals surface area contributed by atoms with E-state index in [9.17, 15) is 0 Å². The molecule has 126 valence electrons. The van der Waals surface area contributed by atoms with Crippen molar-refractivity contribution >= 4 is 44.8 Å². The van der Waals surface area contributed by atoms with Gasteiger partial charge in [0.15, 0.2) is 0 Å². The Balaban J connectivity index is 1.49. The molecule has 3 aromatic heterocycles.